The fraction of sp³-hybridized carbons (Fsp3) is 0. The Bertz CT molecular complexity index is 469. The topological polar surface area (TPSA) is 17.1 Å². The second-order valence-electron chi connectivity index (χ2n) is 3.39. The van der Waals surface area contributed by atoms with Gasteiger partial charge in [-0.05, 0) is 5.19 Å². The minimum atomic E-state index is -2.62. The maximum Gasteiger partial charge on any atom is 0.372 e. The van der Waals surface area contributed by atoms with Gasteiger partial charge in [-0.15, -0.1) is 33.2 Å². The predicted octanol–water partition coefficient (Wildman–Crippen LogP) is 4.05. The molecule has 0 saturated carbocycles. The SMILES string of the molecule is Cl[Si](Cl)(Cl)c1ccccc1.O=Cc1ccccc1. The van der Waals surface area contributed by atoms with Gasteiger partial charge in [-0.1, -0.05) is 60.7 Å². The van der Waals surface area contributed by atoms with Crippen LogP contribution in [-0.4, -0.2) is 12.3 Å². The maximum atomic E-state index is 10.0. The average molecular weight is 318 g/mol. The lowest BCUT2D eigenvalue weighted by Crippen LogP contribution is -2.29. The van der Waals surface area contributed by atoms with Crippen LogP contribution in [-0.2, 0) is 0 Å². The van der Waals surface area contributed by atoms with Gasteiger partial charge < -0.3 is 0 Å². The summed E-state index contributed by atoms with van der Waals surface area (Å²) in [7, 11) is 0. The van der Waals surface area contributed by atoms with Crippen molar-refractivity contribution in [2.75, 3.05) is 0 Å². The Morgan fingerprint density at radius 2 is 1.22 bits per heavy atom. The Hall–Kier alpha value is -0.803. The Morgan fingerprint density at radius 1 is 0.778 bits per heavy atom. The van der Waals surface area contributed by atoms with Gasteiger partial charge in [0.2, 0.25) is 0 Å². The summed E-state index contributed by atoms with van der Waals surface area (Å²) in [5, 5.41) is 0.833. The van der Waals surface area contributed by atoms with Gasteiger partial charge in [0.25, 0.3) is 0 Å². The highest BCUT2D eigenvalue weighted by Crippen LogP contribution is 2.18. The van der Waals surface area contributed by atoms with Crippen LogP contribution in [0, 0.1) is 0 Å². The van der Waals surface area contributed by atoms with E-state index in [1.54, 1.807) is 12.1 Å². The number of hydrogen-bond donors (Lipinski definition) is 0. The molecule has 2 aromatic carbocycles. The molecule has 0 heterocycles. The molecule has 94 valence electrons. The summed E-state index contributed by atoms with van der Waals surface area (Å²) < 4.78 is 0. The Morgan fingerprint density at radius 3 is 1.50 bits per heavy atom. The van der Waals surface area contributed by atoms with Crippen LogP contribution in [0.5, 0.6) is 0 Å². The molecular weight excluding hydrogens is 307 g/mol. The number of carbonyl (C=O) groups is 1. The summed E-state index contributed by atoms with van der Waals surface area (Å²) in [6.45, 7) is 0. The van der Waals surface area contributed by atoms with Crippen LogP contribution >= 0.6 is 33.2 Å². The second kappa shape index (κ2) is 7.59. The molecular formula is C13H11Cl3OSi. The largest absolute Gasteiger partial charge is 0.372 e. The molecule has 0 aliphatic rings. The molecule has 0 fully saturated rings. The molecule has 0 N–H and O–H groups in total. The first-order valence-electron chi connectivity index (χ1n) is 5.16. The van der Waals surface area contributed by atoms with Crippen LogP contribution in [0.2, 0.25) is 0 Å². The van der Waals surface area contributed by atoms with E-state index >= 15 is 0 Å². The van der Waals surface area contributed by atoms with Crippen molar-refractivity contribution >= 4 is 50.7 Å². The Labute approximate surface area is 121 Å². The third-order valence-corrected chi connectivity index (χ3v) is 4.99. The van der Waals surface area contributed by atoms with Crippen molar-refractivity contribution in [1.82, 2.24) is 0 Å². The molecule has 0 unspecified atom stereocenters. The zero-order valence-electron chi connectivity index (χ0n) is 9.39. The monoisotopic (exact) mass is 316 g/mol. The van der Waals surface area contributed by atoms with E-state index in [0.29, 0.717) is 0 Å². The Kier molecular flexibility index (Phi) is 6.43. The molecule has 0 aliphatic carbocycles. The summed E-state index contributed by atoms with van der Waals surface area (Å²) in [6, 6.07) is 15.8. The van der Waals surface area contributed by atoms with Crippen molar-refractivity contribution in [3.63, 3.8) is 0 Å². The number of halogens is 3. The fourth-order valence-corrected chi connectivity index (χ4v) is 2.86. The van der Waals surface area contributed by atoms with E-state index in [1.807, 2.05) is 48.5 Å². The van der Waals surface area contributed by atoms with Gasteiger partial charge in [0, 0.05) is 5.56 Å². The number of rotatable bonds is 2. The molecule has 0 aromatic heterocycles. The molecule has 0 spiro atoms. The summed E-state index contributed by atoms with van der Waals surface area (Å²) in [6.07, 6.45) is 0.833. The molecule has 0 saturated heterocycles. The highest BCUT2D eigenvalue weighted by Gasteiger charge is 2.26. The summed E-state index contributed by atoms with van der Waals surface area (Å²) in [5.41, 5.74) is 0.729. The van der Waals surface area contributed by atoms with Crippen LogP contribution in [0.4, 0.5) is 0 Å². The minimum absolute atomic E-state index is 0.729. The fourth-order valence-electron chi connectivity index (χ4n) is 1.16. The third-order valence-electron chi connectivity index (χ3n) is 2.04. The number of carbonyl (C=O) groups excluding carboxylic acids is 1. The maximum absolute atomic E-state index is 10.0. The molecule has 2 rings (SSSR count). The van der Waals surface area contributed by atoms with E-state index in [-0.39, 0.29) is 0 Å². The summed E-state index contributed by atoms with van der Waals surface area (Å²) in [4.78, 5) is 10.0. The van der Waals surface area contributed by atoms with E-state index in [1.165, 1.54) is 0 Å². The highest BCUT2D eigenvalue weighted by atomic mass is 35.8. The van der Waals surface area contributed by atoms with Crippen LogP contribution in [0.3, 0.4) is 0 Å². The molecule has 0 bridgehead atoms. The zero-order valence-corrected chi connectivity index (χ0v) is 12.7. The van der Waals surface area contributed by atoms with E-state index in [4.69, 9.17) is 33.2 Å². The van der Waals surface area contributed by atoms with Gasteiger partial charge in [-0.25, -0.2) is 0 Å². The lowest BCUT2D eigenvalue weighted by molar-refractivity contribution is 0.112. The predicted molar refractivity (Wildman–Crippen MR) is 81.2 cm³/mol. The lowest BCUT2D eigenvalue weighted by atomic mass is 10.2. The standard InChI is InChI=1S/C7H6O.C6H5Cl3Si/c8-6-7-4-2-1-3-5-7;7-10(8,9)6-4-2-1-3-5-6/h1-6H;1-5H. The van der Waals surface area contributed by atoms with Crippen LogP contribution in [0.15, 0.2) is 60.7 Å². The molecule has 0 atom stereocenters. The van der Waals surface area contributed by atoms with E-state index in [0.717, 1.165) is 17.0 Å². The van der Waals surface area contributed by atoms with Gasteiger partial charge in [-0.3, -0.25) is 4.79 Å². The molecule has 0 radical (unpaired) electrons. The van der Waals surface area contributed by atoms with Gasteiger partial charge in [0.15, 0.2) is 0 Å². The normalized spacial score (nSPS) is 10.2. The van der Waals surface area contributed by atoms with Crippen LogP contribution in [0.25, 0.3) is 0 Å². The van der Waals surface area contributed by atoms with Crippen LogP contribution in [0.1, 0.15) is 10.4 Å². The summed E-state index contributed by atoms with van der Waals surface area (Å²) >= 11 is 17.2. The minimum Gasteiger partial charge on any atom is -0.298 e. The second-order valence-corrected chi connectivity index (χ2v) is 11.8. The Balaban J connectivity index is 0.000000184. The van der Waals surface area contributed by atoms with Gasteiger partial charge in [0.1, 0.15) is 6.29 Å². The summed E-state index contributed by atoms with van der Waals surface area (Å²) in [5.74, 6) is 0. The lowest BCUT2D eigenvalue weighted by Gasteiger charge is -2.05. The smallest absolute Gasteiger partial charge is 0.298 e. The highest BCUT2D eigenvalue weighted by molar-refractivity contribution is 7.69. The number of hydrogen-bond acceptors (Lipinski definition) is 1. The molecule has 18 heavy (non-hydrogen) atoms. The van der Waals surface area contributed by atoms with Crippen LogP contribution < -0.4 is 5.19 Å². The average Bonchev–Trinajstić information content (AvgIpc) is 2.40. The van der Waals surface area contributed by atoms with E-state index in [2.05, 4.69) is 0 Å². The molecule has 2 aromatic rings. The quantitative estimate of drug-likeness (QED) is 0.464. The van der Waals surface area contributed by atoms with Crippen molar-refractivity contribution in [3.8, 4) is 0 Å². The third kappa shape index (κ3) is 5.69. The van der Waals surface area contributed by atoms with Gasteiger partial charge in [0.05, 0.1) is 0 Å². The van der Waals surface area contributed by atoms with Crippen molar-refractivity contribution in [2.45, 2.75) is 0 Å². The van der Waals surface area contributed by atoms with Crippen molar-refractivity contribution < 1.29 is 4.79 Å². The molecule has 5 heteroatoms. The van der Waals surface area contributed by atoms with Gasteiger partial charge >= 0.3 is 6.00 Å². The van der Waals surface area contributed by atoms with Crippen molar-refractivity contribution in [2.24, 2.45) is 0 Å². The first kappa shape index (κ1) is 15.3. The first-order chi connectivity index (χ1) is 8.54. The van der Waals surface area contributed by atoms with Crippen molar-refractivity contribution in [3.05, 3.63) is 66.2 Å². The van der Waals surface area contributed by atoms with E-state index in [9.17, 15) is 4.79 Å². The number of aldehydes is 1. The molecule has 1 nitrogen and oxygen atoms in total. The number of benzene rings is 2. The van der Waals surface area contributed by atoms with E-state index < -0.39 is 6.00 Å². The molecule has 0 aliphatic heterocycles. The van der Waals surface area contributed by atoms with Crippen molar-refractivity contribution in [1.29, 1.82) is 0 Å². The first-order valence-corrected chi connectivity index (χ1v) is 10.2. The zero-order chi connectivity index (χ0) is 13.4. The van der Waals surface area contributed by atoms with Gasteiger partial charge in [-0.2, -0.15) is 0 Å². The molecule has 0 amide bonds.